The molecule has 2 aromatic rings. The molecule has 0 aromatic heterocycles. The minimum Gasteiger partial charge on any atom is -0.508 e. The number of aliphatic hydroxyl groups excluding tert-OH is 2. The molecule has 0 unspecified atom stereocenters. The summed E-state index contributed by atoms with van der Waals surface area (Å²) in [7, 11) is 4.63. The summed E-state index contributed by atoms with van der Waals surface area (Å²) in [6, 6.07) is 9.58. The number of nitrogens with one attached hydrogen (secondary N) is 1. The molecule has 0 aliphatic heterocycles. The van der Waals surface area contributed by atoms with Crippen molar-refractivity contribution in [3.05, 3.63) is 63.9 Å². The first-order valence-corrected chi connectivity index (χ1v) is 14.1. The molecule has 1 fully saturated rings. The fraction of sp³-hybridized carbons (Fsp3) is 0.375. The summed E-state index contributed by atoms with van der Waals surface area (Å²) >= 11 is 0. The second-order valence-electron chi connectivity index (χ2n) is 11.6. The molecule has 1 amide bonds. The molecule has 7 N–H and O–H groups in total. The van der Waals surface area contributed by atoms with Crippen LogP contribution in [-0.2, 0) is 27.3 Å². The number of amides is 1. The Hall–Kier alpha value is -4.70. The SMILES string of the molecule is COc1ccc(CNCCC#N)cc1-c1ccc(O)c2c1C[C@@H]1C[C@@H]3[C@@H](N(C)C)C(=O)C(C(N)=O)=C(O)[C@@]3(O)C(=O)C1=C2O. The van der Waals surface area contributed by atoms with Gasteiger partial charge >= 0.3 is 0 Å². The lowest BCUT2D eigenvalue weighted by molar-refractivity contribution is -0.153. The van der Waals surface area contributed by atoms with E-state index in [1.54, 1.807) is 26.2 Å². The Balaban J connectivity index is 1.67. The summed E-state index contributed by atoms with van der Waals surface area (Å²) in [5.41, 5.74) is 4.35. The second-order valence-corrected chi connectivity index (χ2v) is 11.6. The Kier molecular flexibility index (Phi) is 7.98. The number of carbonyl (C=O) groups excluding carboxylic acids is 3. The van der Waals surface area contributed by atoms with Crippen molar-refractivity contribution in [2.24, 2.45) is 17.6 Å². The van der Waals surface area contributed by atoms with Crippen molar-refractivity contribution in [3.63, 3.8) is 0 Å². The maximum Gasteiger partial charge on any atom is 0.255 e. The van der Waals surface area contributed by atoms with Gasteiger partial charge in [-0.25, -0.2) is 0 Å². The average molecular weight is 603 g/mol. The molecule has 44 heavy (non-hydrogen) atoms. The number of nitriles is 1. The summed E-state index contributed by atoms with van der Waals surface area (Å²) in [5.74, 6) is -6.49. The number of rotatable bonds is 8. The van der Waals surface area contributed by atoms with E-state index in [-0.39, 0.29) is 29.7 Å². The maximum absolute atomic E-state index is 14.1. The Labute approximate surface area is 253 Å². The largest absolute Gasteiger partial charge is 0.508 e. The molecule has 0 spiro atoms. The predicted octanol–water partition coefficient (Wildman–Crippen LogP) is 1.64. The number of hydrogen-bond acceptors (Lipinski definition) is 11. The zero-order valence-corrected chi connectivity index (χ0v) is 24.5. The zero-order chi connectivity index (χ0) is 32.1. The van der Waals surface area contributed by atoms with Gasteiger partial charge in [0.25, 0.3) is 5.91 Å². The Morgan fingerprint density at radius 1 is 1.18 bits per heavy atom. The van der Waals surface area contributed by atoms with E-state index in [0.29, 0.717) is 42.0 Å². The number of fused-ring (bicyclic) bond motifs is 3. The number of ketones is 2. The van der Waals surface area contributed by atoms with Gasteiger partial charge in [0.15, 0.2) is 11.4 Å². The number of likely N-dealkylation sites (N-methyl/N-ethyl adjacent to an activating group) is 1. The normalized spacial score (nSPS) is 24.5. The third-order valence-corrected chi connectivity index (χ3v) is 8.90. The van der Waals surface area contributed by atoms with Crippen LogP contribution in [0.25, 0.3) is 16.9 Å². The standard InChI is InChI=1S/C32H34N4O8/c1-36(2)26-20-13-16-12-19-17(18-11-15(5-8-22(18)44-3)14-35-10-4-9-33)6-7-21(37)24(19)27(38)23(16)29(40)32(20,43)30(41)25(28(26)39)31(34)42/h5-8,11,16,20,26,35,37-38,41,43H,4,10,12-14H2,1-3H3,(H2,34,42)/t16-,20-,26-,32+/m1/s1. The van der Waals surface area contributed by atoms with Crippen LogP contribution in [0, 0.1) is 23.2 Å². The molecule has 3 aliphatic rings. The van der Waals surface area contributed by atoms with Crippen molar-refractivity contribution < 1.29 is 39.5 Å². The molecule has 3 aliphatic carbocycles. The van der Waals surface area contributed by atoms with Gasteiger partial charge in [0.05, 0.1) is 24.8 Å². The maximum atomic E-state index is 14.1. The number of primary amides is 1. The molecule has 1 saturated carbocycles. The quantitative estimate of drug-likeness (QED) is 0.189. The van der Waals surface area contributed by atoms with Crippen LogP contribution in [-0.4, -0.2) is 82.2 Å². The van der Waals surface area contributed by atoms with Crippen molar-refractivity contribution in [2.45, 2.75) is 37.5 Å². The minimum absolute atomic E-state index is 0.00149. The van der Waals surface area contributed by atoms with Gasteiger partial charge in [-0.2, -0.15) is 5.26 Å². The average Bonchev–Trinajstić information content (AvgIpc) is 2.97. The Morgan fingerprint density at radius 2 is 1.91 bits per heavy atom. The summed E-state index contributed by atoms with van der Waals surface area (Å²) in [5, 5.41) is 57.3. The van der Waals surface area contributed by atoms with Crippen molar-refractivity contribution in [1.82, 2.24) is 10.2 Å². The fourth-order valence-electron chi connectivity index (χ4n) is 6.95. The van der Waals surface area contributed by atoms with Crippen LogP contribution in [0.5, 0.6) is 11.5 Å². The van der Waals surface area contributed by atoms with E-state index in [2.05, 4.69) is 11.4 Å². The predicted molar refractivity (Wildman–Crippen MR) is 158 cm³/mol. The molecule has 0 saturated heterocycles. The van der Waals surface area contributed by atoms with Gasteiger partial charge in [-0.15, -0.1) is 0 Å². The lowest BCUT2D eigenvalue weighted by Gasteiger charge is -2.50. The second kappa shape index (κ2) is 11.4. The van der Waals surface area contributed by atoms with Gasteiger partial charge in [-0.3, -0.25) is 19.3 Å². The van der Waals surface area contributed by atoms with Gasteiger partial charge in [-0.1, -0.05) is 12.1 Å². The van der Waals surface area contributed by atoms with Gasteiger partial charge in [0.2, 0.25) is 5.78 Å². The van der Waals surface area contributed by atoms with Crippen molar-refractivity contribution >= 4 is 23.2 Å². The highest BCUT2D eigenvalue weighted by Crippen LogP contribution is 2.54. The first-order valence-electron chi connectivity index (χ1n) is 14.1. The molecule has 0 radical (unpaired) electrons. The summed E-state index contributed by atoms with van der Waals surface area (Å²) in [6.07, 6.45) is 0.489. The van der Waals surface area contributed by atoms with Gasteiger partial charge in [0.1, 0.15) is 28.6 Å². The summed E-state index contributed by atoms with van der Waals surface area (Å²) in [4.78, 5) is 41.0. The van der Waals surface area contributed by atoms with Crippen LogP contribution < -0.4 is 15.8 Å². The van der Waals surface area contributed by atoms with E-state index < -0.39 is 58.0 Å². The number of phenols is 1. The number of aromatic hydroxyl groups is 1. The number of nitrogens with zero attached hydrogens (tertiary/aromatic N) is 2. The molecular weight excluding hydrogens is 568 g/mol. The van der Waals surface area contributed by atoms with Crippen LogP contribution in [0.1, 0.15) is 29.5 Å². The number of aliphatic hydroxyl groups is 3. The highest BCUT2D eigenvalue weighted by atomic mass is 16.5. The highest BCUT2D eigenvalue weighted by molar-refractivity contribution is 6.24. The number of Topliss-reactive ketones (excluding diaryl/α,β-unsaturated/α-hetero) is 2. The lowest BCUT2D eigenvalue weighted by atomic mass is 9.57. The number of methoxy groups -OCH3 is 1. The number of nitrogens with two attached hydrogens (primary N) is 1. The zero-order valence-electron chi connectivity index (χ0n) is 24.5. The minimum atomic E-state index is -2.70. The monoisotopic (exact) mass is 602 g/mol. The smallest absolute Gasteiger partial charge is 0.255 e. The molecule has 2 aromatic carbocycles. The third kappa shape index (κ3) is 4.61. The molecule has 0 bridgehead atoms. The van der Waals surface area contributed by atoms with E-state index in [4.69, 9.17) is 15.7 Å². The van der Waals surface area contributed by atoms with Crippen LogP contribution >= 0.6 is 0 Å². The van der Waals surface area contributed by atoms with Crippen LogP contribution in [0.4, 0.5) is 0 Å². The van der Waals surface area contributed by atoms with Gasteiger partial charge in [-0.05, 0) is 67.7 Å². The number of hydrogen-bond donors (Lipinski definition) is 6. The first kappa shape index (κ1) is 30.7. The topological polar surface area (TPSA) is 206 Å². The van der Waals surface area contributed by atoms with Crippen LogP contribution in [0.3, 0.4) is 0 Å². The fourth-order valence-corrected chi connectivity index (χ4v) is 6.95. The van der Waals surface area contributed by atoms with E-state index in [9.17, 15) is 34.8 Å². The summed E-state index contributed by atoms with van der Waals surface area (Å²) < 4.78 is 5.65. The van der Waals surface area contributed by atoms with Crippen molar-refractivity contribution in [3.8, 4) is 28.7 Å². The number of carbonyl (C=O) groups is 3. The number of phenolic OH excluding ortho intramolecular Hbond substituents is 1. The first-order chi connectivity index (χ1) is 20.9. The Bertz CT molecular complexity index is 1690. The van der Waals surface area contributed by atoms with E-state index in [1.165, 1.54) is 18.1 Å². The molecule has 4 atom stereocenters. The molecule has 0 heterocycles. The lowest BCUT2D eigenvalue weighted by Crippen LogP contribution is -2.65. The molecule has 12 heteroatoms. The van der Waals surface area contributed by atoms with E-state index in [0.717, 1.165) is 5.56 Å². The van der Waals surface area contributed by atoms with Gasteiger partial charge < -0.3 is 36.2 Å². The molecular formula is C32H34N4O8. The number of benzene rings is 2. The molecule has 230 valence electrons. The van der Waals surface area contributed by atoms with Crippen molar-refractivity contribution in [1.29, 1.82) is 5.26 Å². The van der Waals surface area contributed by atoms with Crippen molar-refractivity contribution in [2.75, 3.05) is 27.7 Å². The third-order valence-electron chi connectivity index (χ3n) is 8.90. The Morgan fingerprint density at radius 3 is 2.55 bits per heavy atom. The van der Waals surface area contributed by atoms with Gasteiger partial charge in [0, 0.05) is 36.6 Å². The summed E-state index contributed by atoms with van der Waals surface area (Å²) in [6.45, 7) is 0.995. The van der Waals surface area contributed by atoms with E-state index >= 15 is 0 Å². The van der Waals surface area contributed by atoms with E-state index in [1.807, 2.05) is 12.1 Å². The molecule has 5 rings (SSSR count). The molecule has 12 nitrogen and oxygen atoms in total. The van der Waals surface area contributed by atoms with Crippen LogP contribution in [0.15, 0.2) is 47.2 Å². The number of ether oxygens (including phenoxy) is 1. The van der Waals surface area contributed by atoms with Crippen LogP contribution in [0.2, 0.25) is 0 Å². The highest BCUT2D eigenvalue weighted by Gasteiger charge is 2.64.